The number of hydrogen-bond donors (Lipinski definition) is 1. The molecule has 9 heteroatoms. The van der Waals surface area contributed by atoms with Crippen molar-refractivity contribution in [2.45, 2.75) is 23.9 Å². The number of para-hydroxylation sites is 2. The van der Waals surface area contributed by atoms with Gasteiger partial charge in [-0.1, -0.05) is 48.2 Å². The molecule has 168 valence electrons. The molecule has 1 unspecified atom stereocenters. The second-order valence-corrected chi connectivity index (χ2v) is 8.36. The van der Waals surface area contributed by atoms with E-state index in [1.807, 2.05) is 30.3 Å². The average molecular weight is 467 g/mol. The van der Waals surface area contributed by atoms with Gasteiger partial charge in [0.05, 0.1) is 5.25 Å². The molecule has 0 aliphatic carbocycles. The third-order valence-corrected chi connectivity index (χ3v) is 5.69. The number of anilines is 1. The molecule has 4 aromatic rings. The van der Waals surface area contributed by atoms with Gasteiger partial charge in [0, 0.05) is 11.4 Å². The van der Waals surface area contributed by atoms with Crippen LogP contribution < -0.4 is 10.1 Å². The maximum atomic E-state index is 13.9. The molecule has 4 rings (SSSR count). The fraction of sp³-hybridized carbons (Fsp3) is 0.125. The summed E-state index contributed by atoms with van der Waals surface area (Å²) in [7, 11) is 0. The zero-order valence-corrected chi connectivity index (χ0v) is 18.4. The molecule has 0 saturated carbocycles. The summed E-state index contributed by atoms with van der Waals surface area (Å²) in [5.74, 6) is -0.656. The van der Waals surface area contributed by atoms with Crippen LogP contribution in [0.2, 0.25) is 0 Å². The quantitative estimate of drug-likeness (QED) is 0.360. The number of ether oxygens (including phenoxy) is 1. The van der Waals surface area contributed by atoms with E-state index < -0.39 is 16.9 Å². The van der Waals surface area contributed by atoms with Crippen LogP contribution in [0.3, 0.4) is 0 Å². The molecule has 1 aromatic heterocycles. The number of carbonyl (C=O) groups excluding carboxylic acids is 1. The summed E-state index contributed by atoms with van der Waals surface area (Å²) in [6, 6.07) is 21.2. The van der Waals surface area contributed by atoms with E-state index in [4.69, 9.17) is 4.74 Å². The van der Waals surface area contributed by atoms with Crippen molar-refractivity contribution in [1.29, 1.82) is 0 Å². The number of carbonyl (C=O) groups is 1. The predicted octanol–water partition coefficient (Wildman–Crippen LogP) is 5.24. The van der Waals surface area contributed by atoms with Crippen molar-refractivity contribution in [1.82, 2.24) is 14.8 Å². The van der Waals surface area contributed by atoms with Gasteiger partial charge >= 0.3 is 0 Å². The van der Waals surface area contributed by atoms with Gasteiger partial charge in [-0.3, -0.25) is 9.36 Å². The molecule has 1 heterocycles. The molecule has 0 saturated heterocycles. The second kappa shape index (κ2) is 10.3. The number of amides is 1. The number of aromatic nitrogens is 3. The van der Waals surface area contributed by atoms with Crippen LogP contribution in [0.5, 0.6) is 5.75 Å². The van der Waals surface area contributed by atoms with Gasteiger partial charge in [-0.15, -0.1) is 10.2 Å². The van der Waals surface area contributed by atoms with Crippen LogP contribution in [0.25, 0.3) is 5.69 Å². The first kappa shape index (κ1) is 22.5. The minimum absolute atomic E-state index is 0.0206. The van der Waals surface area contributed by atoms with Crippen LogP contribution in [0.15, 0.2) is 84.0 Å². The van der Waals surface area contributed by atoms with Gasteiger partial charge in [0.25, 0.3) is 0 Å². The molecule has 0 bridgehead atoms. The molecule has 6 nitrogen and oxygen atoms in total. The third kappa shape index (κ3) is 5.56. The van der Waals surface area contributed by atoms with Gasteiger partial charge in [-0.05, 0) is 49.4 Å². The van der Waals surface area contributed by atoms with E-state index >= 15 is 0 Å². The van der Waals surface area contributed by atoms with E-state index in [2.05, 4.69) is 15.5 Å². The van der Waals surface area contributed by atoms with E-state index in [1.165, 1.54) is 42.1 Å². The van der Waals surface area contributed by atoms with E-state index in [9.17, 15) is 13.6 Å². The first-order valence-corrected chi connectivity index (χ1v) is 11.0. The Hall–Kier alpha value is -3.72. The Morgan fingerprint density at radius 2 is 1.79 bits per heavy atom. The lowest BCUT2D eigenvalue weighted by Gasteiger charge is -2.14. The molecular formula is C24H20F2N4O2S. The Balaban J connectivity index is 1.55. The van der Waals surface area contributed by atoms with E-state index in [1.54, 1.807) is 29.7 Å². The Bertz CT molecular complexity index is 1250. The second-order valence-electron chi connectivity index (χ2n) is 7.05. The van der Waals surface area contributed by atoms with Gasteiger partial charge < -0.3 is 10.1 Å². The van der Waals surface area contributed by atoms with Gasteiger partial charge in [0.1, 0.15) is 12.4 Å². The molecule has 0 aliphatic rings. The molecule has 33 heavy (non-hydrogen) atoms. The summed E-state index contributed by atoms with van der Waals surface area (Å²) in [5.41, 5.74) is 1.14. The summed E-state index contributed by atoms with van der Waals surface area (Å²) in [6.45, 7) is 1.70. The summed E-state index contributed by atoms with van der Waals surface area (Å²) in [4.78, 5) is 12.7. The van der Waals surface area contributed by atoms with Crippen molar-refractivity contribution in [3.63, 3.8) is 0 Å². The highest BCUT2D eigenvalue weighted by Gasteiger charge is 2.22. The number of halogens is 2. The summed E-state index contributed by atoms with van der Waals surface area (Å²) < 4.78 is 34.7. The van der Waals surface area contributed by atoms with Crippen LogP contribution in [0.1, 0.15) is 12.7 Å². The first-order valence-electron chi connectivity index (χ1n) is 10.1. The third-order valence-electron chi connectivity index (χ3n) is 4.65. The fourth-order valence-electron chi connectivity index (χ4n) is 3.03. The number of benzene rings is 3. The molecule has 1 atom stereocenters. The van der Waals surface area contributed by atoms with Crippen molar-refractivity contribution in [3.05, 3.63) is 96.3 Å². The summed E-state index contributed by atoms with van der Waals surface area (Å²) in [6.07, 6.45) is 0. The normalized spacial score (nSPS) is 11.7. The highest BCUT2D eigenvalue weighted by Crippen LogP contribution is 2.27. The highest BCUT2D eigenvalue weighted by atomic mass is 32.2. The van der Waals surface area contributed by atoms with Crippen molar-refractivity contribution >= 4 is 23.4 Å². The molecule has 3 aromatic carbocycles. The number of nitrogens with zero attached hydrogens (tertiary/aromatic N) is 3. The lowest BCUT2D eigenvalue weighted by atomic mass is 10.3. The van der Waals surface area contributed by atoms with Crippen LogP contribution in [0, 0.1) is 11.6 Å². The number of nitrogens with one attached hydrogen (secondary N) is 1. The standard InChI is InChI=1S/C24H20F2N4O2S/c1-16(23(31)27-18-9-7-8-17(25)14-18)33-24-29-28-22(30(24)19-10-3-2-4-11-19)15-32-21-13-6-5-12-20(21)26/h2-14,16H,15H2,1H3,(H,27,31). The van der Waals surface area contributed by atoms with Gasteiger partial charge in [0.2, 0.25) is 5.91 Å². The maximum Gasteiger partial charge on any atom is 0.237 e. The Kier molecular flexibility index (Phi) is 6.99. The summed E-state index contributed by atoms with van der Waals surface area (Å²) >= 11 is 1.20. The van der Waals surface area contributed by atoms with E-state index in [0.717, 1.165) is 5.69 Å². The molecule has 0 spiro atoms. The number of rotatable bonds is 8. The monoisotopic (exact) mass is 466 g/mol. The number of thioether (sulfide) groups is 1. The topological polar surface area (TPSA) is 69.0 Å². The maximum absolute atomic E-state index is 13.9. The molecule has 1 N–H and O–H groups in total. The molecular weight excluding hydrogens is 446 g/mol. The van der Waals surface area contributed by atoms with E-state index in [0.29, 0.717) is 16.7 Å². The van der Waals surface area contributed by atoms with Crippen LogP contribution >= 0.6 is 11.8 Å². The molecule has 0 radical (unpaired) electrons. The Labute approximate surface area is 193 Å². The minimum Gasteiger partial charge on any atom is -0.483 e. The Morgan fingerprint density at radius 3 is 2.55 bits per heavy atom. The average Bonchev–Trinajstić information content (AvgIpc) is 3.21. The van der Waals surface area contributed by atoms with Crippen molar-refractivity contribution < 1.29 is 18.3 Å². The van der Waals surface area contributed by atoms with Crippen molar-refractivity contribution in [2.75, 3.05) is 5.32 Å². The fourth-order valence-corrected chi connectivity index (χ4v) is 3.92. The Morgan fingerprint density at radius 1 is 1.03 bits per heavy atom. The largest absolute Gasteiger partial charge is 0.483 e. The predicted molar refractivity (Wildman–Crippen MR) is 122 cm³/mol. The molecule has 1 amide bonds. The van der Waals surface area contributed by atoms with Gasteiger partial charge in [-0.25, -0.2) is 8.78 Å². The smallest absolute Gasteiger partial charge is 0.237 e. The zero-order valence-electron chi connectivity index (χ0n) is 17.6. The van der Waals surface area contributed by atoms with E-state index in [-0.39, 0.29) is 18.3 Å². The van der Waals surface area contributed by atoms with Gasteiger partial charge in [0.15, 0.2) is 22.5 Å². The zero-order chi connectivity index (χ0) is 23.2. The van der Waals surface area contributed by atoms with Gasteiger partial charge in [-0.2, -0.15) is 0 Å². The van der Waals surface area contributed by atoms with Crippen molar-refractivity contribution in [2.24, 2.45) is 0 Å². The van der Waals surface area contributed by atoms with Crippen molar-refractivity contribution in [3.8, 4) is 11.4 Å². The highest BCUT2D eigenvalue weighted by molar-refractivity contribution is 8.00. The number of hydrogen-bond acceptors (Lipinski definition) is 5. The van der Waals surface area contributed by atoms with Crippen LogP contribution in [0.4, 0.5) is 14.5 Å². The molecule has 0 fully saturated rings. The minimum atomic E-state index is -0.555. The lowest BCUT2D eigenvalue weighted by Crippen LogP contribution is -2.23. The SMILES string of the molecule is CC(Sc1nnc(COc2ccccc2F)n1-c1ccccc1)C(=O)Nc1cccc(F)c1. The lowest BCUT2D eigenvalue weighted by molar-refractivity contribution is -0.115. The first-order chi connectivity index (χ1) is 16.0. The summed E-state index contributed by atoms with van der Waals surface area (Å²) in [5, 5.41) is 11.1. The molecule has 0 aliphatic heterocycles. The van der Waals surface area contributed by atoms with Crippen LogP contribution in [-0.4, -0.2) is 25.9 Å². The van der Waals surface area contributed by atoms with Crippen LogP contribution in [-0.2, 0) is 11.4 Å².